The molecule has 17 heavy (non-hydrogen) atoms. The number of ether oxygens (including phenoxy) is 1. The predicted octanol–water partition coefficient (Wildman–Crippen LogP) is 2.69. The molecule has 90 valence electrons. The summed E-state index contributed by atoms with van der Waals surface area (Å²) in [4.78, 5) is 4.33. The Morgan fingerprint density at radius 1 is 1.29 bits per heavy atom. The van der Waals surface area contributed by atoms with E-state index in [1.54, 1.807) is 13.3 Å². The lowest BCUT2D eigenvalue weighted by Crippen LogP contribution is -2.31. The Balaban J connectivity index is 2.43. The van der Waals surface area contributed by atoms with E-state index in [1.807, 2.05) is 44.2 Å². The predicted molar refractivity (Wildman–Crippen MR) is 67.8 cm³/mol. The number of para-hydroxylation sites is 1. The summed E-state index contributed by atoms with van der Waals surface area (Å²) in [6, 6.07) is 9.80. The first kappa shape index (κ1) is 12.0. The number of aromatic nitrogens is 1. The molecule has 0 aliphatic heterocycles. The summed E-state index contributed by atoms with van der Waals surface area (Å²) in [5, 5.41) is 11.3. The zero-order valence-electron chi connectivity index (χ0n) is 10.3. The normalized spacial score (nSPS) is 13.9. The van der Waals surface area contributed by atoms with Gasteiger partial charge >= 0.3 is 0 Å². The number of nitrogens with zero attached hydrogens (tertiary/aromatic N) is 1. The summed E-state index contributed by atoms with van der Waals surface area (Å²) in [5.41, 5.74) is 1.08. The number of pyridine rings is 1. The highest BCUT2D eigenvalue weighted by molar-refractivity contribution is 5.78. The van der Waals surface area contributed by atoms with E-state index in [-0.39, 0.29) is 0 Å². The van der Waals surface area contributed by atoms with Gasteiger partial charge in [0.15, 0.2) is 0 Å². The monoisotopic (exact) mass is 231 g/mol. The fourth-order valence-corrected chi connectivity index (χ4v) is 1.75. The minimum absolute atomic E-state index is 0.621. The number of rotatable bonds is 3. The van der Waals surface area contributed by atoms with Gasteiger partial charge in [0.2, 0.25) is 0 Å². The number of aliphatic hydroxyl groups excluding tert-OH is 1. The molecule has 2 aromatic rings. The lowest BCUT2D eigenvalue weighted by atomic mass is 9.95. The van der Waals surface area contributed by atoms with Crippen molar-refractivity contribution in [2.24, 2.45) is 0 Å². The fourth-order valence-electron chi connectivity index (χ4n) is 1.75. The van der Waals surface area contributed by atoms with E-state index in [2.05, 4.69) is 4.98 Å². The second-order valence-electron chi connectivity index (χ2n) is 4.67. The second-order valence-corrected chi connectivity index (χ2v) is 4.67. The highest BCUT2D eigenvalue weighted by atomic mass is 16.5. The highest BCUT2D eigenvalue weighted by Gasteiger charge is 2.29. The number of methoxy groups -OCH3 is 1. The minimum atomic E-state index is -0.690. The Morgan fingerprint density at radius 2 is 2.00 bits per heavy atom. The summed E-state index contributed by atoms with van der Waals surface area (Å²) in [6.45, 7) is 3.71. The third-order valence-corrected chi connectivity index (χ3v) is 3.11. The quantitative estimate of drug-likeness (QED) is 0.883. The smallest absolute Gasteiger partial charge is 0.109 e. The van der Waals surface area contributed by atoms with Crippen LogP contribution in [0.15, 0.2) is 36.5 Å². The average Bonchev–Trinajstić information content (AvgIpc) is 2.37. The topological polar surface area (TPSA) is 42.4 Å². The van der Waals surface area contributed by atoms with Crippen molar-refractivity contribution in [1.82, 2.24) is 4.98 Å². The lowest BCUT2D eigenvalue weighted by Gasteiger charge is -2.29. The van der Waals surface area contributed by atoms with E-state index >= 15 is 0 Å². The standard InChI is InChI=1S/C14H17NO2/c1-14(2,17-3)13(16)11-8-10-6-4-5-7-12(10)15-9-11/h4-9,13,16H,1-3H3. The van der Waals surface area contributed by atoms with Crippen molar-refractivity contribution >= 4 is 10.9 Å². The van der Waals surface area contributed by atoms with E-state index in [4.69, 9.17) is 4.74 Å². The fraction of sp³-hybridized carbons (Fsp3) is 0.357. The van der Waals surface area contributed by atoms with Crippen molar-refractivity contribution in [2.75, 3.05) is 7.11 Å². The van der Waals surface area contributed by atoms with Crippen LogP contribution in [0.4, 0.5) is 0 Å². The van der Waals surface area contributed by atoms with Crippen LogP contribution < -0.4 is 0 Å². The number of benzene rings is 1. The molecular weight excluding hydrogens is 214 g/mol. The Labute approximate surface area is 101 Å². The number of fused-ring (bicyclic) bond motifs is 1. The molecule has 1 unspecified atom stereocenters. The van der Waals surface area contributed by atoms with Crippen LogP contribution >= 0.6 is 0 Å². The Hall–Kier alpha value is -1.45. The van der Waals surface area contributed by atoms with Crippen LogP contribution in [0.3, 0.4) is 0 Å². The maximum absolute atomic E-state index is 10.2. The van der Waals surface area contributed by atoms with Gasteiger partial charge in [-0.1, -0.05) is 18.2 Å². The summed E-state index contributed by atoms with van der Waals surface area (Å²) >= 11 is 0. The minimum Gasteiger partial charge on any atom is -0.385 e. The van der Waals surface area contributed by atoms with E-state index < -0.39 is 11.7 Å². The number of aliphatic hydroxyl groups is 1. The first-order valence-corrected chi connectivity index (χ1v) is 5.62. The molecule has 3 heteroatoms. The molecule has 0 radical (unpaired) electrons. The summed E-state index contributed by atoms with van der Waals surface area (Å²) in [7, 11) is 1.59. The lowest BCUT2D eigenvalue weighted by molar-refractivity contribution is -0.0793. The van der Waals surface area contributed by atoms with Gasteiger partial charge in [-0.25, -0.2) is 0 Å². The van der Waals surface area contributed by atoms with Crippen molar-refractivity contribution in [2.45, 2.75) is 25.6 Å². The van der Waals surface area contributed by atoms with Crippen LogP contribution in [0.2, 0.25) is 0 Å². The van der Waals surface area contributed by atoms with Gasteiger partial charge in [-0.05, 0) is 26.0 Å². The van der Waals surface area contributed by atoms with Gasteiger partial charge in [-0.3, -0.25) is 4.98 Å². The third-order valence-electron chi connectivity index (χ3n) is 3.11. The summed E-state index contributed by atoms with van der Waals surface area (Å²) < 4.78 is 5.29. The molecule has 0 bridgehead atoms. The van der Waals surface area contributed by atoms with Gasteiger partial charge in [0.25, 0.3) is 0 Å². The van der Waals surface area contributed by atoms with Gasteiger partial charge in [0.05, 0.1) is 11.1 Å². The molecule has 0 saturated heterocycles. The van der Waals surface area contributed by atoms with Crippen LogP contribution in [0.5, 0.6) is 0 Å². The maximum atomic E-state index is 10.2. The van der Waals surface area contributed by atoms with E-state index in [0.717, 1.165) is 16.5 Å². The van der Waals surface area contributed by atoms with Crippen LogP contribution in [0.25, 0.3) is 10.9 Å². The molecule has 1 heterocycles. The maximum Gasteiger partial charge on any atom is 0.109 e. The molecule has 0 saturated carbocycles. The number of hydrogen-bond donors (Lipinski definition) is 1. The van der Waals surface area contributed by atoms with Crippen molar-refractivity contribution in [3.63, 3.8) is 0 Å². The molecule has 1 aromatic carbocycles. The Bertz CT molecular complexity index is 522. The van der Waals surface area contributed by atoms with E-state index in [1.165, 1.54) is 0 Å². The molecule has 0 aliphatic rings. The molecule has 1 N–H and O–H groups in total. The molecule has 1 atom stereocenters. The van der Waals surface area contributed by atoms with Gasteiger partial charge in [-0.2, -0.15) is 0 Å². The van der Waals surface area contributed by atoms with E-state index in [9.17, 15) is 5.11 Å². The van der Waals surface area contributed by atoms with Crippen LogP contribution in [-0.2, 0) is 4.74 Å². The van der Waals surface area contributed by atoms with Crippen molar-refractivity contribution in [1.29, 1.82) is 0 Å². The van der Waals surface area contributed by atoms with Gasteiger partial charge in [-0.15, -0.1) is 0 Å². The largest absolute Gasteiger partial charge is 0.385 e. The Morgan fingerprint density at radius 3 is 2.71 bits per heavy atom. The zero-order valence-corrected chi connectivity index (χ0v) is 10.3. The zero-order chi connectivity index (χ0) is 12.5. The first-order chi connectivity index (χ1) is 8.04. The molecule has 0 amide bonds. The number of hydrogen-bond acceptors (Lipinski definition) is 3. The van der Waals surface area contributed by atoms with Crippen LogP contribution in [0, 0.1) is 0 Å². The van der Waals surface area contributed by atoms with Crippen molar-refractivity contribution < 1.29 is 9.84 Å². The second kappa shape index (κ2) is 4.43. The molecule has 0 aliphatic carbocycles. The molecule has 0 spiro atoms. The Kier molecular flexibility index (Phi) is 3.13. The van der Waals surface area contributed by atoms with Crippen LogP contribution in [-0.4, -0.2) is 22.8 Å². The summed E-state index contributed by atoms with van der Waals surface area (Å²) in [5.74, 6) is 0. The average molecular weight is 231 g/mol. The van der Waals surface area contributed by atoms with Gasteiger partial charge in [0, 0.05) is 24.3 Å². The molecule has 3 nitrogen and oxygen atoms in total. The third kappa shape index (κ3) is 2.30. The molecular formula is C14H17NO2. The van der Waals surface area contributed by atoms with Gasteiger partial charge < -0.3 is 9.84 Å². The first-order valence-electron chi connectivity index (χ1n) is 5.62. The molecule has 1 aromatic heterocycles. The highest BCUT2D eigenvalue weighted by Crippen LogP contribution is 2.29. The molecule has 0 fully saturated rings. The van der Waals surface area contributed by atoms with Crippen LogP contribution in [0.1, 0.15) is 25.5 Å². The van der Waals surface area contributed by atoms with Gasteiger partial charge in [0.1, 0.15) is 6.10 Å². The SMILES string of the molecule is COC(C)(C)C(O)c1cnc2ccccc2c1. The summed E-state index contributed by atoms with van der Waals surface area (Å²) in [6.07, 6.45) is 1.01. The van der Waals surface area contributed by atoms with E-state index in [0.29, 0.717) is 0 Å². The van der Waals surface area contributed by atoms with Crippen molar-refractivity contribution in [3.8, 4) is 0 Å². The molecule has 2 rings (SSSR count). The van der Waals surface area contributed by atoms with Crippen molar-refractivity contribution in [3.05, 3.63) is 42.1 Å².